The molecule has 0 aliphatic rings. The standard InChI is InChI=1S/C13H21N5/c1-3-7-18-11-15-10-12(18)9-14-5-4-13-16-6-8-17(13)2/h6,8,10-11,14H,3-5,7,9H2,1-2H3. The maximum absolute atomic E-state index is 4.30. The van der Waals surface area contributed by atoms with Crippen LogP contribution < -0.4 is 5.32 Å². The van der Waals surface area contributed by atoms with Gasteiger partial charge in [-0.1, -0.05) is 6.92 Å². The fourth-order valence-corrected chi connectivity index (χ4v) is 1.99. The second-order valence-corrected chi connectivity index (χ2v) is 4.46. The van der Waals surface area contributed by atoms with Crippen molar-refractivity contribution in [3.8, 4) is 0 Å². The van der Waals surface area contributed by atoms with E-state index in [0.717, 1.165) is 38.3 Å². The molecule has 0 aliphatic heterocycles. The van der Waals surface area contributed by atoms with Crippen LogP contribution in [0.5, 0.6) is 0 Å². The molecule has 0 radical (unpaired) electrons. The van der Waals surface area contributed by atoms with Crippen LogP contribution in [0.1, 0.15) is 24.9 Å². The van der Waals surface area contributed by atoms with E-state index in [0.29, 0.717) is 0 Å². The van der Waals surface area contributed by atoms with Crippen molar-refractivity contribution in [2.24, 2.45) is 7.05 Å². The number of nitrogens with one attached hydrogen (secondary N) is 1. The summed E-state index contributed by atoms with van der Waals surface area (Å²) in [6.07, 6.45) is 9.74. The van der Waals surface area contributed by atoms with E-state index in [1.165, 1.54) is 5.69 Å². The van der Waals surface area contributed by atoms with E-state index in [9.17, 15) is 0 Å². The Morgan fingerprint density at radius 2 is 2.28 bits per heavy atom. The molecule has 2 aromatic rings. The van der Waals surface area contributed by atoms with E-state index < -0.39 is 0 Å². The Balaban J connectivity index is 1.75. The summed E-state index contributed by atoms with van der Waals surface area (Å²) in [5.41, 5.74) is 1.25. The number of hydrogen-bond acceptors (Lipinski definition) is 3. The molecule has 5 heteroatoms. The molecule has 0 aromatic carbocycles. The minimum Gasteiger partial charge on any atom is -0.338 e. The van der Waals surface area contributed by atoms with Crippen LogP contribution in [0.2, 0.25) is 0 Å². The van der Waals surface area contributed by atoms with E-state index in [1.54, 1.807) is 0 Å². The Labute approximate surface area is 108 Å². The van der Waals surface area contributed by atoms with E-state index >= 15 is 0 Å². The number of imidazole rings is 2. The summed E-state index contributed by atoms with van der Waals surface area (Å²) in [6, 6.07) is 0. The molecule has 0 unspecified atom stereocenters. The summed E-state index contributed by atoms with van der Waals surface area (Å²) in [7, 11) is 2.03. The molecule has 0 amide bonds. The summed E-state index contributed by atoms with van der Waals surface area (Å²) in [4.78, 5) is 8.49. The van der Waals surface area contributed by atoms with Crippen molar-refractivity contribution >= 4 is 0 Å². The predicted octanol–water partition coefficient (Wildman–Crippen LogP) is 1.36. The molecule has 2 aromatic heterocycles. The maximum atomic E-state index is 4.30. The molecule has 98 valence electrons. The van der Waals surface area contributed by atoms with Crippen LogP contribution >= 0.6 is 0 Å². The molecule has 0 fully saturated rings. The largest absolute Gasteiger partial charge is 0.338 e. The van der Waals surface area contributed by atoms with Crippen LogP contribution in [-0.4, -0.2) is 25.6 Å². The third kappa shape index (κ3) is 3.20. The number of aromatic nitrogens is 4. The lowest BCUT2D eigenvalue weighted by Crippen LogP contribution is -2.20. The summed E-state index contributed by atoms with van der Waals surface area (Å²) in [6.45, 7) is 5.02. The van der Waals surface area contributed by atoms with Gasteiger partial charge in [-0.25, -0.2) is 9.97 Å². The average molecular weight is 247 g/mol. The number of aryl methyl sites for hydroxylation is 2. The fraction of sp³-hybridized carbons (Fsp3) is 0.538. The summed E-state index contributed by atoms with van der Waals surface area (Å²) in [5, 5.41) is 3.44. The van der Waals surface area contributed by atoms with Gasteiger partial charge in [0.05, 0.1) is 12.0 Å². The molecule has 5 nitrogen and oxygen atoms in total. The third-order valence-corrected chi connectivity index (χ3v) is 3.02. The monoisotopic (exact) mass is 247 g/mol. The highest BCUT2D eigenvalue weighted by atomic mass is 15.1. The van der Waals surface area contributed by atoms with Crippen molar-refractivity contribution < 1.29 is 0 Å². The molecule has 0 saturated carbocycles. The molecule has 18 heavy (non-hydrogen) atoms. The second-order valence-electron chi connectivity index (χ2n) is 4.46. The fourth-order valence-electron chi connectivity index (χ4n) is 1.99. The number of hydrogen-bond donors (Lipinski definition) is 1. The molecule has 0 aliphatic carbocycles. The SMILES string of the molecule is CCCn1cncc1CNCCc1nccn1C. The molecule has 0 bridgehead atoms. The van der Waals surface area contributed by atoms with Crippen LogP contribution in [0.3, 0.4) is 0 Å². The van der Waals surface area contributed by atoms with E-state index in [4.69, 9.17) is 0 Å². The van der Waals surface area contributed by atoms with Gasteiger partial charge in [-0.2, -0.15) is 0 Å². The van der Waals surface area contributed by atoms with Crippen molar-refractivity contribution in [3.63, 3.8) is 0 Å². The molecule has 2 heterocycles. The van der Waals surface area contributed by atoms with Gasteiger partial charge in [0.25, 0.3) is 0 Å². The topological polar surface area (TPSA) is 47.7 Å². The number of rotatable bonds is 7. The van der Waals surface area contributed by atoms with Crippen LogP contribution in [0.15, 0.2) is 24.9 Å². The quantitative estimate of drug-likeness (QED) is 0.752. The summed E-state index contributed by atoms with van der Waals surface area (Å²) >= 11 is 0. The lowest BCUT2D eigenvalue weighted by Gasteiger charge is -2.08. The molecule has 2 rings (SSSR count). The van der Waals surface area contributed by atoms with Gasteiger partial charge in [0.2, 0.25) is 0 Å². The highest BCUT2D eigenvalue weighted by molar-refractivity contribution is 4.98. The van der Waals surface area contributed by atoms with E-state index in [2.05, 4.69) is 31.3 Å². The van der Waals surface area contributed by atoms with Crippen LogP contribution in [0, 0.1) is 0 Å². The van der Waals surface area contributed by atoms with Gasteiger partial charge in [0.15, 0.2) is 0 Å². The van der Waals surface area contributed by atoms with Gasteiger partial charge < -0.3 is 14.5 Å². The molecular formula is C13H21N5. The van der Waals surface area contributed by atoms with Gasteiger partial charge >= 0.3 is 0 Å². The highest BCUT2D eigenvalue weighted by Crippen LogP contribution is 2.00. The second kappa shape index (κ2) is 6.35. The van der Waals surface area contributed by atoms with Crippen molar-refractivity contribution in [1.82, 2.24) is 24.4 Å². The Bertz CT molecular complexity index is 471. The molecule has 0 saturated heterocycles. The molecule has 1 N–H and O–H groups in total. The van der Waals surface area contributed by atoms with Crippen molar-refractivity contribution in [1.29, 1.82) is 0 Å². The average Bonchev–Trinajstić information content (AvgIpc) is 2.95. The molecular weight excluding hydrogens is 226 g/mol. The lowest BCUT2D eigenvalue weighted by atomic mass is 10.3. The van der Waals surface area contributed by atoms with Crippen molar-refractivity contribution in [2.45, 2.75) is 32.9 Å². The first kappa shape index (κ1) is 12.8. The van der Waals surface area contributed by atoms with Crippen molar-refractivity contribution in [2.75, 3.05) is 6.54 Å². The van der Waals surface area contributed by atoms with E-state index in [-0.39, 0.29) is 0 Å². The predicted molar refractivity (Wildman–Crippen MR) is 71.1 cm³/mol. The molecule has 0 spiro atoms. The summed E-state index contributed by atoms with van der Waals surface area (Å²) in [5.74, 6) is 1.12. The Morgan fingerprint density at radius 3 is 3.00 bits per heavy atom. The summed E-state index contributed by atoms with van der Waals surface area (Å²) < 4.78 is 4.26. The minimum atomic E-state index is 0.865. The van der Waals surface area contributed by atoms with E-state index in [1.807, 2.05) is 32.0 Å². The Morgan fingerprint density at radius 1 is 1.39 bits per heavy atom. The van der Waals surface area contributed by atoms with Gasteiger partial charge in [-0.3, -0.25) is 0 Å². The van der Waals surface area contributed by atoms with Crippen LogP contribution in [0.4, 0.5) is 0 Å². The zero-order valence-corrected chi connectivity index (χ0v) is 11.1. The lowest BCUT2D eigenvalue weighted by molar-refractivity contribution is 0.594. The smallest absolute Gasteiger partial charge is 0.109 e. The number of nitrogens with zero attached hydrogens (tertiary/aromatic N) is 4. The van der Waals surface area contributed by atoms with Crippen LogP contribution in [0.25, 0.3) is 0 Å². The minimum absolute atomic E-state index is 0.865. The molecule has 0 atom stereocenters. The Hall–Kier alpha value is -1.62. The highest BCUT2D eigenvalue weighted by Gasteiger charge is 2.02. The van der Waals surface area contributed by atoms with Crippen LogP contribution in [-0.2, 0) is 26.6 Å². The van der Waals surface area contributed by atoms with Gasteiger partial charge in [-0.05, 0) is 6.42 Å². The Kier molecular flexibility index (Phi) is 4.52. The third-order valence-electron chi connectivity index (χ3n) is 3.02. The van der Waals surface area contributed by atoms with Gasteiger partial charge in [0.1, 0.15) is 5.82 Å². The van der Waals surface area contributed by atoms with Gasteiger partial charge in [0, 0.05) is 51.7 Å². The first-order valence-electron chi connectivity index (χ1n) is 6.47. The first-order valence-corrected chi connectivity index (χ1v) is 6.47. The first-order chi connectivity index (χ1) is 8.81. The normalized spacial score (nSPS) is 11.0. The van der Waals surface area contributed by atoms with Crippen molar-refractivity contribution in [3.05, 3.63) is 36.4 Å². The van der Waals surface area contributed by atoms with Gasteiger partial charge in [-0.15, -0.1) is 0 Å². The zero-order chi connectivity index (χ0) is 12.8. The maximum Gasteiger partial charge on any atom is 0.109 e. The zero-order valence-electron chi connectivity index (χ0n) is 11.1.